The SMILES string of the molecule is c1ccc(-c2ccc(-c3c4ccccc4c(-c4ccc5sc6c7ccccc7c7ccccc7c6c5c4)c4ccccc34)cc2)cc1. The molecule has 0 atom stereocenters. The van der Waals surface area contributed by atoms with E-state index in [0.717, 1.165) is 0 Å². The van der Waals surface area contributed by atoms with Crippen LogP contribution in [0.3, 0.4) is 0 Å². The molecular formula is C46H28S. The summed E-state index contributed by atoms with van der Waals surface area (Å²) in [5.41, 5.74) is 7.55. The molecule has 0 nitrogen and oxygen atoms in total. The van der Waals surface area contributed by atoms with Gasteiger partial charge >= 0.3 is 0 Å². The van der Waals surface area contributed by atoms with Crippen LogP contribution in [-0.2, 0) is 0 Å². The Morgan fingerprint density at radius 3 is 1.32 bits per heavy atom. The second-order valence-electron chi connectivity index (χ2n) is 12.4. The van der Waals surface area contributed by atoms with Crippen LogP contribution in [0, 0.1) is 0 Å². The number of hydrogen-bond donors (Lipinski definition) is 0. The van der Waals surface area contributed by atoms with Crippen LogP contribution < -0.4 is 0 Å². The molecule has 0 saturated heterocycles. The van der Waals surface area contributed by atoms with Gasteiger partial charge in [0.15, 0.2) is 0 Å². The second kappa shape index (κ2) is 10.4. The zero-order valence-corrected chi connectivity index (χ0v) is 26.4. The van der Waals surface area contributed by atoms with Crippen LogP contribution in [0.15, 0.2) is 170 Å². The third-order valence-electron chi connectivity index (χ3n) is 9.85. The Balaban J connectivity index is 1.25. The Kier molecular flexibility index (Phi) is 5.85. The summed E-state index contributed by atoms with van der Waals surface area (Å²) in [7, 11) is 0. The maximum Gasteiger partial charge on any atom is 0.0440 e. The number of benzene rings is 9. The van der Waals surface area contributed by atoms with Gasteiger partial charge in [-0.05, 0) is 83.2 Å². The summed E-state index contributed by atoms with van der Waals surface area (Å²) in [6.45, 7) is 0. The van der Waals surface area contributed by atoms with Crippen LogP contribution >= 0.6 is 11.3 Å². The van der Waals surface area contributed by atoms with Gasteiger partial charge in [0, 0.05) is 25.6 Å². The van der Waals surface area contributed by atoms with Crippen molar-refractivity contribution < 1.29 is 0 Å². The predicted octanol–water partition coefficient (Wildman–Crippen LogP) is 13.7. The molecule has 0 aliphatic heterocycles. The van der Waals surface area contributed by atoms with Crippen LogP contribution in [-0.4, -0.2) is 0 Å². The summed E-state index contributed by atoms with van der Waals surface area (Å²) < 4.78 is 2.70. The lowest BCUT2D eigenvalue weighted by Gasteiger charge is -2.18. The van der Waals surface area contributed by atoms with Gasteiger partial charge in [0.1, 0.15) is 0 Å². The van der Waals surface area contributed by atoms with E-state index in [1.807, 2.05) is 11.3 Å². The fourth-order valence-corrected chi connectivity index (χ4v) is 9.01. The molecule has 1 aromatic heterocycles. The van der Waals surface area contributed by atoms with E-state index in [1.54, 1.807) is 0 Å². The lowest BCUT2D eigenvalue weighted by molar-refractivity contribution is 1.61. The van der Waals surface area contributed by atoms with Gasteiger partial charge in [-0.3, -0.25) is 0 Å². The Labute approximate surface area is 276 Å². The van der Waals surface area contributed by atoms with E-state index in [4.69, 9.17) is 0 Å². The Bertz CT molecular complexity index is 2760. The first-order chi connectivity index (χ1) is 23.3. The van der Waals surface area contributed by atoms with Crippen LogP contribution in [0.4, 0.5) is 0 Å². The van der Waals surface area contributed by atoms with Gasteiger partial charge in [-0.25, -0.2) is 0 Å². The van der Waals surface area contributed by atoms with Crippen LogP contribution in [0.1, 0.15) is 0 Å². The number of rotatable bonds is 3. The van der Waals surface area contributed by atoms with Gasteiger partial charge in [0.2, 0.25) is 0 Å². The molecule has 1 heterocycles. The molecule has 0 bridgehead atoms. The molecule has 10 aromatic rings. The fraction of sp³-hybridized carbons (Fsp3) is 0. The van der Waals surface area contributed by atoms with Gasteiger partial charge in [0.05, 0.1) is 0 Å². The van der Waals surface area contributed by atoms with E-state index in [-0.39, 0.29) is 0 Å². The average molecular weight is 613 g/mol. The van der Waals surface area contributed by atoms with E-state index in [1.165, 1.54) is 96.6 Å². The Morgan fingerprint density at radius 1 is 0.277 bits per heavy atom. The molecule has 0 N–H and O–H groups in total. The molecule has 0 spiro atoms. The number of thiophene rings is 1. The molecule has 0 fully saturated rings. The molecule has 0 unspecified atom stereocenters. The summed E-state index contributed by atoms with van der Waals surface area (Å²) in [6.07, 6.45) is 0. The fourth-order valence-electron chi connectivity index (χ4n) is 7.77. The van der Waals surface area contributed by atoms with Crippen LogP contribution in [0.2, 0.25) is 0 Å². The van der Waals surface area contributed by atoms with Crippen molar-refractivity contribution in [3.63, 3.8) is 0 Å². The summed E-state index contributed by atoms with van der Waals surface area (Å²) in [6, 6.07) is 62.5. The van der Waals surface area contributed by atoms with E-state index in [9.17, 15) is 0 Å². The Morgan fingerprint density at radius 2 is 0.702 bits per heavy atom. The summed E-state index contributed by atoms with van der Waals surface area (Å²) in [4.78, 5) is 0. The zero-order valence-electron chi connectivity index (χ0n) is 25.6. The van der Waals surface area contributed by atoms with Crippen molar-refractivity contribution >= 4 is 74.6 Å². The van der Waals surface area contributed by atoms with E-state index in [0.29, 0.717) is 0 Å². The minimum atomic E-state index is 1.23. The first kappa shape index (κ1) is 26.5. The smallest absolute Gasteiger partial charge is 0.0440 e. The molecule has 47 heavy (non-hydrogen) atoms. The molecule has 9 aromatic carbocycles. The van der Waals surface area contributed by atoms with Crippen molar-refractivity contribution in [1.82, 2.24) is 0 Å². The maximum absolute atomic E-state index is 2.46. The highest BCUT2D eigenvalue weighted by atomic mass is 32.1. The maximum atomic E-state index is 2.46. The summed E-state index contributed by atoms with van der Waals surface area (Å²) in [5.74, 6) is 0. The number of hydrogen-bond acceptors (Lipinski definition) is 1. The van der Waals surface area contributed by atoms with Crippen molar-refractivity contribution in [3.05, 3.63) is 170 Å². The quantitative estimate of drug-likeness (QED) is 0.138. The van der Waals surface area contributed by atoms with Gasteiger partial charge in [0.25, 0.3) is 0 Å². The highest BCUT2D eigenvalue weighted by molar-refractivity contribution is 7.27. The van der Waals surface area contributed by atoms with Crippen molar-refractivity contribution in [2.45, 2.75) is 0 Å². The largest absolute Gasteiger partial charge is 0.135 e. The van der Waals surface area contributed by atoms with Gasteiger partial charge in [-0.2, -0.15) is 0 Å². The van der Waals surface area contributed by atoms with Gasteiger partial charge < -0.3 is 0 Å². The molecule has 1 heteroatoms. The van der Waals surface area contributed by atoms with Gasteiger partial charge in [-0.1, -0.05) is 158 Å². The summed E-state index contributed by atoms with van der Waals surface area (Å²) >= 11 is 1.92. The molecule has 218 valence electrons. The standard InChI is InChI=1S/C46H28S/c1-2-12-29(13-3-1)30-22-24-31(25-23-30)43-36-17-7-9-19-38(36)44(39-20-10-8-18-37(39)43)32-26-27-42-41(28-32)45-35-16-6-4-14-33(35)34-15-5-11-21-40(34)46(45)47-42/h1-28H. The zero-order chi connectivity index (χ0) is 30.9. The Hall–Kier alpha value is -5.76. The van der Waals surface area contributed by atoms with Gasteiger partial charge in [-0.15, -0.1) is 11.3 Å². The first-order valence-corrected chi connectivity index (χ1v) is 17.0. The molecular weight excluding hydrogens is 585 g/mol. The molecule has 0 amide bonds. The van der Waals surface area contributed by atoms with Crippen molar-refractivity contribution in [2.24, 2.45) is 0 Å². The van der Waals surface area contributed by atoms with Crippen molar-refractivity contribution in [2.75, 3.05) is 0 Å². The predicted molar refractivity (Wildman–Crippen MR) is 206 cm³/mol. The molecule has 10 rings (SSSR count). The van der Waals surface area contributed by atoms with E-state index < -0.39 is 0 Å². The highest BCUT2D eigenvalue weighted by Crippen LogP contribution is 2.48. The molecule has 0 saturated carbocycles. The minimum Gasteiger partial charge on any atom is -0.135 e. The average Bonchev–Trinajstić information content (AvgIpc) is 3.54. The topological polar surface area (TPSA) is 0 Å². The normalized spacial score (nSPS) is 11.8. The minimum absolute atomic E-state index is 1.23. The highest BCUT2D eigenvalue weighted by Gasteiger charge is 2.19. The third kappa shape index (κ3) is 4.00. The third-order valence-corrected chi connectivity index (χ3v) is 11.1. The van der Waals surface area contributed by atoms with Crippen LogP contribution in [0.5, 0.6) is 0 Å². The molecule has 0 aliphatic carbocycles. The first-order valence-electron chi connectivity index (χ1n) is 16.2. The van der Waals surface area contributed by atoms with Crippen LogP contribution in [0.25, 0.3) is 96.6 Å². The second-order valence-corrected chi connectivity index (χ2v) is 13.4. The molecule has 0 radical (unpaired) electrons. The van der Waals surface area contributed by atoms with Crippen molar-refractivity contribution in [1.29, 1.82) is 0 Å². The lowest BCUT2D eigenvalue weighted by atomic mass is 9.85. The van der Waals surface area contributed by atoms with Crippen molar-refractivity contribution in [3.8, 4) is 33.4 Å². The lowest BCUT2D eigenvalue weighted by Crippen LogP contribution is -1.91. The summed E-state index contributed by atoms with van der Waals surface area (Å²) in [5, 5.41) is 13.1. The van der Waals surface area contributed by atoms with E-state index in [2.05, 4.69) is 170 Å². The monoisotopic (exact) mass is 612 g/mol. The van der Waals surface area contributed by atoms with E-state index >= 15 is 0 Å². The number of fused-ring (bicyclic) bond motifs is 10. The molecule has 0 aliphatic rings.